The molecule has 1 aliphatic heterocycles. The summed E-state index contributed by atoms with van der Waals surface area (Å²) in [6, 6.07) is 0.168. The van der Waals surface area contributed by atoms with Crippen LogP contribution in [-0.2, 0) is 9.53 Å². The molecule has 2 unspecified atom stereocenters. The van der Waals surface area contributed by atoms with Gasteiger partial charge in [-0.15, -0.1) is 0 Å². The number of nitrogens with one attached hydrogen (secondary N) is 2. The number of rotatable bonds is 6. The van der Waals surface area contributed by atoms with Gasteiger partial charge in [0.2, 0.25) is 5.91 Å². The molecule has 1 heterocycles. The predicted octanol–water partition coefficient (Wildman–Crippen LogP) is 0.773. The molecular formula is C12H24N2O2. The first-order valence-electron chi connectivity index (χ1n) is 6.25. The van der Waals surface area contributed by atoms with Crippen molar-refractivity contribution >= 4 is 5.91 Å². The molecule has 1 fully saturated rings. The van der Waals surface area contributed by atoms with Crippen molar-refractivity contribution < 1.29 is 9.53 Å². The summed E-state index contributed by atoms with van der Waals surface area (Å²) < 4.78 is 5.32. The fourth-order valence-corrected chi connectivity index (χ4v) is 2.05. The Bertz CT molecular complexity index is 217. The molecule has 0 radical (unpaired) electrons. The largest absolute Gasteiger partial charge is 0.379 e. The Morgan fingerprint density at radius 1 is 1.38 bits per heavy atom. The van der Waals surface area contributed by atoms with E-state index in [0.29, 0.717) is 19.1 Å². The number of carbonyl (C=O) groups excluding carboxylic acids is 1. The molecule has 2 N–H and O–H groups in total. The van der Waals surface area contributed by atoms with Gasteiger partial charge in [-0.1, -0.05) is 26.7 Å². The van der Waals surface area contributed by atoms with E-state index < -0.39 is 0 Å². The molecule has 0 aromatic heterocycles. The number of hydrogen-bond acceptors (Lipinski definition) is 3. The number of ether oxygens (including phenoxy) is 1. The van der Waals surface area contributed by atoms with Gasteiger partial charge in [0.05, 0.1) is 19.1 Å². The average Bonchev–Trinajstić information content (AvgIpc) is 2.78. The van der Waals surface area contributed by atoms with Crippen molar-refractivity contribution in [2.24, 2.45) is 11.8 Å². The molecule has 0 spiro atoms. The van der Waals surface area contributed by atoms with Gasteiger partial charge < -0.3 is 15.4 Å². The van der Waals surface area contributed by atoms with Crippen molar-refractivity contribution in [3.8, 4) is 0 Å². The van der Waals surface area contributed by atoms with Gasteiger partial charge in [-0.25, -0.2) is 0 Å². The van der Waals surface area contributed by atoms with Crippen LogP contribution in [0.5, 0.6) is 0 Å². The van der Waals surface area contributed by atoms with E-state index in [2.05, 4.69) is 24.5 Å². The van der Waals surface area contributed by atoms with Crippen molar-refractivity contribution in [2.75, 3.05) is 26.8 Å². The van der Waals surface area contributed by atoms with Gasteiger partial charge in [-0.05, 0) is 13.0 Å². The minimum atomic E-state index is -0.0284. The van der Waals surface area contributed by atoms with E-state index in [1.807, 2.05) is 7.05 Å². The highest BCUT2D eigenvalue weighted by atomic mass is 16.5. The molecule has 1 saturated heterocycles. The molecule has 0 aliphatic carbocycles. The zero-order chi connectivity index (χ0) is 12.0. The van der Waals surface area contributed by atoms with E-state index in [-0.39, 0.29) is 17.9 Å². The summed E-state index contributed by atoms with van der Waals surface area (Å²) in [6.07, 6.45) is 2.24. The van der Waals surface area contributed by atoms with Crippen LogP contribution in [0.4, 0.5) is 0 Å². The maximum atomic E-state index is 11.9. The fourth-order valence-electron chi connectivity index (χ4n) is 2.05. The topological polar surface area (TPSA) is 50.4 Å². The van der Waals surface area contributed by atoms with E-state index in [1.54, 1.807) is 0 Å². The Morgan fingerprint density at radius 3 is 2.62 bits per heavy atom. The second-order valence-electron chi connectivity index (χ2n) is 4.47. The van der Waals surface area contributed by atoms with E-state index in [4.69, 9.17) is 4.74 Å². The molecule has 1 amide bonds. The monoisotopic (exact) mass is 228 g/mol. The van der Waals surface area contributed by atoms with Crippen LogP contribution in [0.15, 0.2) is 0 Å². The summed E-state index contributed by atoms with van der Waals surface area (Å²) >= 11 is 0. The Kier molecular flexibility index (Phi) is 5.77. The van der Waals surface area contributed by atoms with Gasteiger partial charge in [0.25, 0.3) is 0 Å². The lowest BCUT2D eigenvalue weighted by atomic mass is 10.0. The quantitative estimate of drug-likeness (QED) is 0.706. The van der Waals surface area contributed by atoms with Gasteiger partial charge >= 0.3 is 0 Å². The summed E-state index contributed by atoms with van der Waals surface area (Å²) in [4.78, 5) is 11.9. The average molecular weight is 228 g/mol. The van der Waals surface area contributed by atoms with Crippen LogP contribution >= 0.6 is 0 Å². The maximum Gasteiger partial charge on any atom is 0.227 e. The smallest absolute Gasteiger partial charge is 0.227 e. The lowest BCUT2D eigenvalue weighted by Gasteiger charge is -2.19. The minimum absolute atomic E-state index is 0.0284. The second-order valence-corrected chi connectivity index (χ2v) is 4.47. The Balaban J connectivity index is 2.34. The predicted molar refractivity (Wildman–Crippen MR) is 64.2 cm³/mol. The Hall–Kier alpha value is -0.610. The third kappa shape index (κ3) is 3.46. The molecule has 0 aromatic carbocycles. The number of carbonyl (C=O) groups is 1. The third-order valence-electron chi connectivity index (χ3n) is 3.51. The van der Waals surface area contributed by atoms with Crippen molar-refractivity contribution in [3.63, 3.8) is 0 Å². The summed E-state index contributed by atoms with van der Waals surface area (Å²) in [7, 11) is 1.88. The second kappa shape index (κ2) is 6.86. The molecule has 0 bridgehead atoms. The lowest BCUT2D eigenvalue weighted by molar-refractivity contribution is -0.125. The van der Waals surface area contributed by atoms with E-state index >= 15 is 0 Å². The summed E-state index contributed by atoms with van der Waals surface area (Å²) in [6.45, 7) is 6.30. The summed E-state index contributed by atoms with van der Waals surface area (Å²) in [5.74, 6) is 0.697. The SMILES string of the molecule is CCC(CC)CNC(=O)C1COCC1NC. The van der Waals surface area contributed by atoms with E-state index in [0.717, 1.165) is 19.4 Å². The van der Waals surface area contributed by atoms with Crippen molar-refractivity contribution in [1.29, 1.82) is 0 Å². The van der Waals surface area contributed by atoms with Gasteiger partial charge in [0.1, 0.15) is 0 Å². The highest BCUT2D eigenvalue weighted by Crippen LogP contribution is 2.14. The molecule has 4 heteroatoms. The van der Waals surface area contributed by atoms with Crippen LogP contribution in [0, 0.1) is 11.8 Å². The van der Waals surface area contributed by atoms with Gasteiger partial charge in [0, 0.05) is 12.6 Å². The molecule has 1 aliphatic rings. The third-order valence-corrected chi connectivity index (χ3v) is 3.51. The molecule has 16 heavy (non-hydrogen) atoms. The highest BCUT2D eigenvalue weighted by molar-refractivity contribution is 5.79. The summed E-state index contributed by atoms with van der Waals surface area (Å²) in [5, 5.41) is 6.16. The van der Waals surface area contributed by atoms with Gasteiger partial charge in [-0.2, -0.15) is 0 Å². The molecular weight excluding hydrogens is 204 g/mol. The first-order chi connectivity index (χ1) is 7.72. The molecule has 0 saturated carbocycles. The Morgan fingerprint density at radius 2 is 2.06 bits per heavy atom. The standard InChI is InChI=1S/C12H24N2O2/c1-4-9(5-2)6-14-12(15)10-7-16-8-11(10)13-3/h9-11,13H,4-8H2,1-3H3,(H,14,15). The summed E-state index contributed by atoms with van der Waals surface area (Å²) in [5.41, 5.74) is 0. The maximum absolute atomic E-state index is 11.9. The number of likely N-dealkylation sites (N-methyl/N-ethyl adjacent to an activating group) is 1. The fraction of sp³-hybridized carbons (Fsp3) is 0.917. The first-order valence-corrected chi connectivity index (χ1v) is 6.25. The lowest BCUT2D eigenvalue weighted by Crippen LogP contribution is -2.43. The molecule has 94 valence electrons. The zero-order valence-corrected chi connectivity index (χ0v) is 10.6. The molecule has 1 rings (SSSR count). The van der Waals surface area contributed by atoms with Crippen LogP contribution in [-0.4, -0.2) is 38.8 Å². The minimum Gasteiger partial charge on any atom is -0.379 e. The highest BCUT2D eigenvalue weighted by Gasteiger charge is 2.32. The Labute approximate surface area is 98.1 Å². The number of amides is 1. The molecule has 0 aromatic rings. The van der Waals surface area contributed by atoms with Crippen LogP contribution in [0.1, 0.15) is 26.7 Å². The van der Waals surface area contributed by atoms with Gasteiger partial charge in [0.15, 0.2) is 0 Å². The van der Waals surface area contributed by atoms with E-state index in [9.17, 15) is 4.79 Å². The number of hydrogen-bond donors (Lipinski definition) is 2. The zero-order valence-electron chi connectivity index (χ0n) is 10.6. The van der Waals surface area contributed by atoms with E-state index in [1.165, 1.54) is 0 Å². The van der Waals surface area contributed by atoms with Crippen LogP contribution < -0.4 is 10.6 Å². The normalized spacial score (nSPS) is 25.0. The molecule has 4 nitrogen and oxygen atoms in total. The molecule has 2 atom stereocenters. The van der Waals surface area contributed by atoms with Crippen molar-refractivity contribution in [3.05, 3.63) is 0 Å². The van der Waals surface area contributed by atoms with Crippen molar-refractivity contribution in [1.82, 2.24) is 10.6 Å². The first kappa shape index (κ1) is 13.5. The van der Waals surface area contributed by atoms with Crippen LogP contribution in [0.25, 0.3) is 0 Å². The van der Waals surface area contributed by atoms with Crippen molar-refractivity contribution in [2.45, 2.75) is 32.7 Å². The van der Waals surface area contributed by atoms with Gasteiger partial charge in [-0.3, -0.25) is 4.79 Å². The van der Waals surface area contributed by atoms with Crippen LogP contribution in [0.2, 0.25) is 0 Å². The van der Waals surface area contributed by atoms with Crippen LogP contribution in [0.3, 0.4) is 0 Å².